The van der Waals surface area contributed by atoms with Crippen molar-refractivity contribution in [2.24, 2.45) is 16.5 Å². The molecule has 0 bridgehead atoms. The Morgan fingerprint density at radius 1 is 1.31 bits per heavy atom. The van der Waals surface area contributed by atoms with Crippen molar-refractivity contribution in [3.8, 4) is 0 Å². The van der Waals surface area contributed by atoms with E-state index in [9.17, 15) is 18.6 Å². The van der Waals surface area contributed by atoms with E-state index >= 15 is 0 Å². The Kier molecular flexibility index (Phi) is 8.26. The predicted octanol–water partition coefficient (Wildman–Crippen LogP) is 2.21. The van der Waals surface area contributed by atoms with Gasteiger partial charge < -0.3 is 9.49 Å². The van der Waals surface area contributed by atoms with Crippen LogP contribution >= 0.6 is 34.1 Å². The molecule has 1 fully saturated rings. The second-order valence-corrected chi connectivity index (χ2v) is 13.0. The molecule has 0 aliphatic carbocycles. The third kappa shape index (κ3) is 5.38. The van der Waals surface area contributed by atoms with Gasteiger partial charge in [0.1, 0.15) is 21.7 Å². The summed E-state index contributed by atoms with van der Waals surface area (Å²) in [6.07, 6.45) is -0.285. The summed E-state index contributed by atoms with van der Waals surface area (Å²) in [5.41, 5.74) is -0.618. The summed E-state index contributed by atoms with van der Waals surface area (Å²) >= 11 is 3.13. The predicted molar refractivity (Wildman–Crippen MR) is 140 cm³/mol. The number of Topliss-reactive ketones (excluding diaryl/α,β-unsaturated/α-hetero) is 1. The molecular weight excluding hydrogens is 606 g/mol. The zero-order chi connectivity index (χ0) is 26.3. The number of halogens is 1. The molecule has 1 saturated heterocycles. The van der Waals surface area contributed by atoms with Crippen LogP contribution in [0, 0.1) is 18.3 Å². The summed E-state index contributed by atoms with van der Waals surface area (Å²) in [6, 6.07) is 0. The minimum absolute atomic E-state index is 0.00106. The van der Waals surface area contributed by atoms with E-state index in [1.54, 1.807) is 6.92 Å². The van der Waals surface area contributed by atoms with E-state index in [1.807, 2.05) is 57.2 Å². The van der Waals surface area contributed by atoms with Crippen LogP contribution in [0.3, 0.4) is 0 Å². The number of carbonyl (C=O) groups excluding carboxylic acids is 3. The number of nitrogens with zero attached hydrogens (tertiary/aromatic N) is 4. The molecular formula is C21H26BIN4O6S2. The van der Waals surface area contributed by atoms with Crippen LogP contribution in [-0.2, 0) is 34.7 Å². The molecule has 188 valence electrons. The van der Waals surface area contributed by atoms with Gasteiger partial charge in [-0.15, -0.1) is 0 Å². The van der Waals surface area contributed by atoms with E-state index in [-0.39, 0.29) is 34.8 Å². The minimum atomic E-state index is -1.51. The average molecular weight is 632 g/mol. The van der Waals surface area contributed by atoms with Crippen molar-refractivity contribution in [3.63, 3.8) is 0 Å². The number of alkyl halides is 1. The van der Waals surface area contributed by atoms with Crippen LogP contribution in [0.15, 0.2) is 16.4 Å². The molecule has 3 heterocycles. The van der Waals surface area contributed by atoms with Crippen LogP contribution in [0.25, 0.3) is 0 Å². The summed E-state index contributed by atoms with van der Waals surface area (Å²) in [6.45, 7) is 11.4. The number of hydrogen-bond acceptors (Lipinski definition) is 10. The Morgan fingerprint density at radius 2 is 1.97 bits per heavy atom. The number of oxime groups is 1. The van der Waals surface area contributed by atoms with Gasteiger partial charge in [-0.3, -0.25) is 18.7 Å². The van der Waals surface area contributed by atoms with Crippen molar-refractivity contribution in [1.29, 1.82) is 0 Å². The molecule has 1 amide bonds. The SMILES string of the molecule is [B]OC(=O)C1=C(CI)CS(=O)[C@@H]2[C@H](CC(=O)/C(=N\OC(C)(C)C(C)(C)C)c3nsc(C)n3)C(=O)N12. The molecule has 3 rings (SSSR count). The van der Waals surface area contributed by atoms with Gasteiger partial charge in [0.2, 0.25) is 5.91 Å². The van der Waals surface area contributed by atoms with Gasteiger partial charge in [-0.25, -0.2) is 9.78 Å². The summed E-state index contributed by atoms with van der Waals surface area (Å²) < 4.78 is 21.9. The lowest BCUT2D eigenvalue weighted by Gasteiger charge is -2.49. The monoisotopic (exact) mass is 632 g/mol. The van der Waals surface area contributed by atoms with Gasteiger partial charge >= 0.3 is 14.0 Å². The molecule has 2 aliphatic rings. The molecule has 0 aromatic carbocycles. The summed E-state index contributed by atoms with van der Waals surface area (Å²) in [5, 5.41) is 3.93. The first-order valence-electron chi connectivity index (χ1n) is 10.7. The topological polar surface area (TPSA) is 128 Å². The molecule has 1 unspecified atom stereocenters. The van der Waals surface area contributed by atoms with Gasteiger partial charge in [0.05, 0.1) is 5.92 Å². The molecule has 2 aliphatic heterocycles. The van der Waals surface area contributed by atoms with Gasteiger partial charge in [0.15, 0.2) is 17.3 Å². The molecule has 10 nitrogen and oxygen atoms in total. The van der Waals surface area contributed by atoms with Crippen LogP contribution in [0.1, 0.15) is 51.9 Å². The number of hydrogen-bond donors (Lipinski definition) is 0. The second kappa shape index (κ2) is 10.4. The number of amides is 1. The Morgan fingerprint density at radius 3 is 2.49 bits per heavy atom. The van der Waals surface area contributed by atoms with Crippen molar-refractivity contribution in [2.75, 3.05) is 10.2 Å². The number of aromatic nitrogens is 2. The Bertz CT molecular complexity index is 1140. The fourth-order valence-corrected chi connectivity index (χ4v) is 6.60. The smallest absolute Gasteiger partial charge is 0.378 e. The number of aryl methyl sites for hydroxylation is 1. The van der Waals surface area contributed by atoms with Crippen molar-refractivity contribution in [2.45, 2.75) is 58.9 Å². The second-order valence-electron chi connectivity index (χ2n) is 9.78. The van der Waals surface area contributed by atoms with Crippen LogP contribution in [0.2, 0.25) is 0 Å². The standard InChI is InChI=1S/C21H26BIN4O6S2/c1-10-24-16(26-34-10)14(25-33-21(5,6)20(2,3)4)13(28)7-12-17(29)27-15(19(30)32-22)11(8-23)9-35(31)18(12)27/h12,18H,7-9H2,1-6H3/b25-14+/t12-,18-,35?/m1/s1. The van der Waals surface area contributed by atoms with E-state index < -0.39 is 45.4 Å². The number of carbonyl (C=O) groups is 3. The van der Waals surface area contributed by atoms with E-state index in [1.165, 1.54) is 0 Å². The summed E-state index contributed by atoms with van der Waals surface area (Å²) in [5.74, 6) is -2.61. The zero-order valence-corrected chi connectivity index (χ0v) is 24.1. The van der Waals surface area contributed by atoms with Crippen molar-refractivity contribution < 1.29 is 28.1 Å². The molecule has 0 spiro atoms. The van der Waals surface area contributed by atoms with Gasteiger partial charge in [0.25, 0.3) is 0 Å². The summed E-state index contributed by atoms with van der Waals surface area (Å²) in [4.78, 5) is 49.8. The van der Waals surface area contributed by atoms with Crippen molar-refractivity contribution >= 4 is 76.3 Å². The average Bonchev–Trinajstić information content (AvgIpc) is 3.21. The van der Waals surface area contributed by atoms with Gasteiger partial charge in [-0.05, 0) is 37.9 Å². The maximum Gasteiger partial charge on any atom is 0.378 e. The van der Waals surface area contributed by atoms with Crippen molar-refractivity contribution in [1.82, 2.24) is 14.3 Å². The highest BCUT2D eigenvalue weighted by atomic mass is 127. The highest BCUT2D eigenvalue weighted by Crippen LogP contribution is 2.41. The van der Waals surface area contributed by atoms with E-state index in [0.29, 0.717) is 15.0 Å². The van der Waals surface area contributed by atoms with E-state index in [4.69, 9.17) is 12.9 Å². The fraction of sp³-hybridized carbons (Fsp3) is 0.619. The number of fused-ring (bicyclic) bond motifs is 1. The van der Waals surface area contributed by atoms with Crippen LogP contribution in [0.5, 0.6) is 0 Å². The molecule has 35 heavy (non-hydrogen) atoms. The molecule has 1 aromatic rings. The number of β-lactam (4-membered cyclic amide) rings is 1. The number of ketones is 1. The quantitative estimate of drug-likeness (QED) is 0.107. The third-order valence-corrected chi connectivity index (χ3v) is 9.61. The van der Waals surface area contributed by atoms with E-state index in [0.717, 1.165) is 16.4 Å². The molecule has 3 atom stereocenters. The molecule has 1 aromatic heterocycles. The van der Waals surface area contributed by atoms with Gasteiger partial charge in [-0.2, -0.15) is 4.37 Å². The largest absolute Gasteiger partial charge is 0.539 e. The summed E-state index contributed by atoms with van der Waals surface area (Å²) in [7, 11) is 3.55. The lowest BCUT2D eigenvalue weighted by atomic mass is 9.79. The third-order valence-electron chi connectivity index (χ3n) is 6.36. The Balaban J connectivity index is 1.89. The van der Waals surface area contributed by atoms with Gasteiger partial charge in [-0.1, -0.05) is 48.5 Å². The molecule has 2 radical (unpaired) electrons. The Labute approximate surface area is 225 Å². The van der Waals surface area contributed by atoms with Crippen LogP contribution < -0.4 is 0 Å². The van der Waals surface area contributed by atoms with E-state index in [2.05, 4.69) is 19.2 Å². The maximum atomic E-state index is 13.4. The fourth-order valence-electron chi connectivity index (χ4n) is 3.35. The van der Waals surface area contributed by atoms with Crippen LogP contribution in [0.4, 0.5) is 0 Å². The first-order chi connectivity index (χ1) is 16.2. The Hall–Kier alpha value is -1.68. The highest BCUT2D eigenvalue weighted by Gasteiger charge is 2.57. The van der Waals surface area contributed by atoms with Gasteiger partial charge in [0, 0.05) is 32.8 Å². The zero-order valence-electron chi connectivity index (χ0n) is 20.3. The lowest BCUT2D eigenvalue weighted by molar-refractivity contribution is -0.153. The van der Waals surface area contributed by atoms with Crippen LogP contribution in [-0.4, -0.2) is 71.0 Å². The maximum absolute atomic E-state index is 13.4. The first kappa shape index (κ1) is 27.9. The normalized spacial score (nSPS) is 23.1. The van der Waals surface area contributed by atoms with Crippen molar-refractivity contribution in [3.05, 3.63) is 22.1 Å². The lowest BCUT2D eigenvalue weighted by Crippen LogP contribution is -2.66. The highest BCUT2D eigenvalue weighted by molar-refractivity contribution is 14.1. The molecule has 0 N–H and O–H groups in total. The molecule has 14 heteroatoms. The first-order valence-corrected chi connectivity index (χ1v) is 14.4. The number of rotatable bonds is 8. The molecule has 0 saturated carbocycles. The minimum Gasteiger partial charge on any atom is -0.539 e.